The highest BCUT2D eigenvalue weighted by molar-refractivity contribution is 14.1. The van der Waals surface area contributed by atoms with Gasteiger partial charge in [0.2, 0.25) is 0 Å². The Kier molecular flexibility index (Phi) is 4.91. The van der Waals surface area contributed by atoms with Crippen LogP contribution < -0.4 is 0 Å². The van der Waals surface area contributed by atoms with Crippen LogP contribution in [0, 0.1) is 28.6 Å². The number of Topliss-reactive ketones (excluding diaryl/α,β-unsaturated/α-hetero) is 1. The van der Waals surface area contributed by atoms with E-state index in [1.165, 1.54) is 12.5 Å². The summed E-state index contributed by atoms with van der Waals surface area (Å²) in [7, 11) is 0. The molecule has 4 aliphatic rings. The Morgan fingerprint density at radius 2 is 1.89 bits per heavy atom. The number of alkyl halides is 1. The Morgan fingerprint density at radius 3 is 2.57 bits per heavy atom. The smallest absolute Gasteiger partial charge is 0.303 e. The predicted octanol–water partition coefficient (Wildman–Crippen LogP) is 4.60. The van der Waals surface area contributed by atoms with Gasteiger partial charge in [-0.3, -0.25) is 14.4 Å². The van der Waals surface area contributed by atoms with E-state index in [2.05, 4.69) is 42.5 Å². The number of carbonyl (C=O) groups excluding carboxylic acids is 3. The average Bonchev–Trinajstić information content (AvgIpc) is 2.94. The minimum atomic E-state index is -0.967. The van der Waals surface area contributed by atoms with Gasteiger partial charge in [-0.2, -0.15) is 0 Å². The summed E-state index contributed by atoms with van der Waals surface area (Å²) in [5.41, 5.74) is -0.0470. The second-order valence-corrected chi connectivity index (χ2v) is 10.3. The number of carbonyl (C=O) groups is 3. The lowest BCUT2D eigenvalue weighted by molar-refractivity contribution is -0.186. The Hall–Kier alpha value is -0.980. The van der Waals surface area contributed by atoms with Crippen molar-refractivity contribution in [3.8, 4) is 0 Å². The zero-order chi connectivity index (χ0) is 20.3. The Bertz CT molecular complexity index is 798. The third-order valence-electron chi connectivity index (χ3n) is 8.57. The number of hydrogen-bond acceptors (Lipinski definition) is 4. The van der Waals surface area contributed by atoms with E-state index in [-0.39, 0.29) is 28.4 Å². The van der Waals surface area contributed by atoms with Crippen LogP contribution in [0.5, 0.6) is 0 Å². The van der Waals surface area contributed by atoms with E-state index in [1.807, 2.05) is 6.08 Å². The second-order valence-electron chi connectivity index (χ2n) is 9.58. The molecular formula is C23H29IO4. The molecule has 0 aromatic rings. The molecule has 6 atom stereocenters. The Balaban J connectivity index is 1.71. The SMILES string of the molecule is CC(=O)O[C@@]1(C(=O)CI)CC[C@H]2[C@@H]3CCC4=CC(=O)C=C[C@]4(C)[C@H]3CC[C@@]21C. The third kappa shape index (κ3) is 2.63. The van der Waals surface area contributed by atoms with Crippen molar-refractivity contribution in [1.82, 2.24) is 0 Å². The van der Waals surface area contributed by atoms with Crippen LogP contribution in [0.2, 0.25) is 0 Å². The first-order chi connectivity index (χ1) is 13.2. The number of halogens is 1. The van der Waals surface area contributed by atoms with Gasteiger partial charge in [0.25, 0.3) is 0 Å². The fourth-order valence-corrected chi connectivity index (χ4v) is 7.85. The fraction of sp³-hybridized carbons (Fsp3) is 0.696. The standard InChI is InChI=1S/C23H29IO4/c1-14(25)28-23(20(27)13-24)11-8-19-17-5-4-15-12-16(26)6-9-21(15,2)18(17)7-10-22(19,23)3/h6,9,12,17-19H,4-5,7-8,10-11,13H2,1-3H3/t17-,18+,19+,21+,22+,23-/m1/s1. The van der Waals surface area contributed by atoms with Crippen LogP contribution >= 0.6 is 22.6 Å². The van der Waals surface area contributed by atoms with Crippen molar-refractivity contribution in [3.05, 3.63) is 23.8 Å². The van der Waals surface area contributed by atoms with E-state index in [0.717, 1.165) is 32.1 Å². The lowest BCUT2D eigenvalue weighted by atomic mass is 9.47. The van der Waals surface area contributed by atoms with Gasteiger partial charge in [0.05, 0.1) is 4.43 Å². The van der Waals surface area contributed by atoms with Crippen LogP contribution in [0.1, 0.15) is 59.3 Å². The van der Waals surface area contributed by atoms with Crippen molar-refractivity contribution in [2.24, 2.45) is 28.6 Å². The summed E-state index contributed by atoms with van der Waals surface area (Å²) in [6.45, 7) is 5.90. The molecule has 0 saturated heterocycles. The molecule has 3 saturated carbocycles. The molecule has 4 nitrogen and oxygen atoms in total. The van der Waals surface area contributed by atoms with Crippen LogP contribution in [0.15, 0.2) is 23.8 Å². The van der Waals surface area contributed by atoms with E-state index >= 15 is 0 Å². The molecule has 5 heteroatoms. The molecule has 0 unspecified atom stereocenters. The largest absolute Gasteiger partial charge is 0.451 e. The van der Waals surface area contributed by atoms with Gasteiger partial charge in [-0.15, -0.1) is 0 Å². The van der Waals surface area contributed by atoms with Gasteiger partial charge in [0.15, 0.2) is 17.2 Å². The fourth-order valence-electron chi connectivity index (χ4n) is 7.23. The van der Waals surface area contributed by atoms with Crippen molar-refractivity contribution in [1.29, 1.82) is 0 Å². The molecule has 0 heterocycles. The molecule has 0 aromatic heterocycles. The summed E-state index contributed by atoms with van der Waals surface area (Å²) < 4.78 is 6.26. The molecular weight excluding hydrogens is 467 g/mol. The number of ether oxygens (including phenoxy) is 1. The minimum absolute atomic E-state index is 0.0574. The predicted molar refractivity (Wildman–Crippen MR) is 115 cm³/mol. The minimum Gasteiger partial charge on any atom is -0.451 e. The maximum absolute atomic E-state index is 13.1. The number of ketones is 2. The molecule has 0 spiro atoms. The monoisotopic (exact) mass is 496 g/mol. The van der Waals surface area contributed by atoms with E-state index < -0.39 is 5.60 Å². The molecule has 0 aromatic carbocycles. The maximum atomic E-state index is 13.1. The van der Waals surface area contributed by atoms with E-state index in [0.29, 0.717) is 28.6 Å². The molecule has 4 rings (SSSR count). The van der Waals surface area contributed by atoms with Gasteiger partial charge < -0.3 is 4.74 Å². The average molecular weight is 496 g/mol. The highest BCUT2D eigenvalue weighted by Gasteiger charge is 2.68. The topological polar surface area (TPSA) is 60.4 Å². The van der Waals surface area contributed by atoms with Gasteiger partial charge in [-0.05, 0) is 68.4 Å². The number of allylic oxidation sites excluding steroid dienone is 4. The summed E-state index contributed by atoms with van der Waals surface area (Å²) in [6, 6.07) is 0. The van der Waals surface area contributed by atoms with Gasteiger partial charge >= 0.3 is 5.97 Å². The second kappa shape index (κ2) is 6.78. The Morgan fingerprint density at radius 1 is 1.18 bits per heavy atom. The first kappa shape index (κ1) is 20.3. The molecule has 28 heavy (non-hydrogen) atoms. The molecule has 0 bridgehead atoms. The van der Waals surface area contributed by atoms with Crippen molar-refractivity contribution in [2.45, 2.75) is 64.9 Å². The summed E-state index contributed by atoms with van der Waals surface area (Å²) in [6.07, 6.45) is 11.2. The van der Waals surface area contributed by atoms with Crippen LogP contribution in [0.4, 0.5) is 0 Å². The molecule has 3 fully saturated rings. The number of fused-ring (bicyclic) bond motifs is 5. The van der Waals surface area contributed by atoms with Gasteiger partial charge in [0.1, 0.15) is 0 Å². The zero-order valence-corrected chi connectivity index (χ0v) is 19.1. The lowest BCUT2D eigenvalue weighted by Crippen LogP contribution is -2.59. The highest BCUT2D eigenvalue weighted by Crippen LogP contribution is 2.67. The van der Waals surface area contributed by atoms with Gasteiger partial charge in [0, 0.05) is 17.8 Å². The molecule has 0 N–H and O–H groups in total. The highest BCUT2D eigenvalue weighted by atomic mass is 127. The normalized spacial score (nSPS) is 44.2. The maximum Gasteiger partial charge on any atom is 0.303 e. The van der Waals surface area contributed by atoms with E-state index in [9.17, 15) is 14.4 Å². The van der Waals surface area contributed by atoms with Crippen molar-refractivity contribution in [3.63, 3.8) is 0 Å². The molecule has 4 aliphatic carbocycles. The first-order valence-electron chi connectivity index (χ1n) is 10.4. The van der Waals surface area contributed by atoms with Crippen molar-refractivity contribution in [2.75, 3.05) is 4.43 Å². The Labute approximate surface area is 180 Å². The summed E-state index contributed by atoms with van der Waals surface area (Å²) in [5.74, 6) is 1.18. The molecule has 152 valence electrons. The van der Waals surface area contributed by atoms with E-state index in [1.54, 1.807) is 6.08 Å². The van der Waals surface area contributed by atoms with Gasteiger partial charge in [-0.1, -0.05) is 48.1 Å². The number of hydrogen-bond donors (Lipinski definition) is 0. The van der Waals surface area contributed by atoms with Crippen molar-refractivity contribution < 1.29 is 19.1 Å². The van der Waals surface area contributed by atoms with Gasteiger partial charge in [-0.25, -0.2) is 0 Å². The van der Waals surface area contributed by atoms with Crippen LogP contribution in [-0.2, 0) is 19.1 Å². The van der Waals surface area contributed by atoms with E-state index in [4.69, 9.17) is 4.74 Å². The van der Waals surface area contributed by atoms with Crippen LogP contribution in [0.3, 0.4) is 0 Å². The van der Waals surface area contributed by atoms with Crippen LogP contribution in [-0.4, -0.2) is 27.6 Å². The lowest BCUT2D eigenvalue weighted by Gasteiger charge is -2.58. The summed E-state index contributed by atoms with van der Waals surface area (Å²) in [5, 5.41) is 0. The number of rotatable bonds is 3. The number of esters is 1. The first-order valence-corrected chi connectivity index (χ1v) is 11.9. The summed E-state index contributed by atoms with van der Waals surface area (Å²) >= 11 is 2.11. The summed E-state index contributed by atoms with van der Waals surface area (Å²) in [4.78, 5) is 36.9. The molecule has 0 aliphatic heterocycles. The van der Waals surface area contributed by atoms with Crippen molar-refractivity contribution >= 4 is 40.1 Å². The van der Waals surface area contributed by atoms with Crippen LogP contribution in [0.25, 0.3) is 0 Å². The molecule has 0 amide bonds. The quantitative estimate of drug-likeness (QED) is 0.326. The molecule has 0 radical (unpaired) electrons. The zero-order valence-electron chi connectivity index (χ0n) is 16.9. The third-order valence-corrected chi connectivity index (χ3v) is 9.26.